The number of benzene rings is 2. The molecule has 2 N–H and O–H groups in total. The molecule has 2 aromatic carbocycles. The second kappa shape index (κ2) is 10.4. The Hall–Kier alpha value is -3.13. The van der Waals surface area contributed by atoms with E-state index in [1.54, 1.807) is 26.4 Å². The summed E-state index contributed by atoms with van der Waals surface area (Å²) >= 11 is 0. The molecule has 1 atom stereocenters. The van der Waals surface area contributed by atoms with Crippen molar-refractivity contribution in [1.82, 2.24) is 5.32 Å². The Kier molecular flexibility index (Phi) is 7.97. The van der Waals surface area contributed by atoms with Gasteiger partial charge in [0.2, 0.25) is 0 Å². The highest BCUT2D eigenvalue weighted by atomic mass is 16.6. The van der Waals surface area contributed by atoms with Crippen molar-refractivity contribution in [1.29, 1.82) is 0 Å². The zero-order valence-corrected chi connectivity index (χ0v) is 17.1. The topological polar surface area (TPSA) is 103 Å². The maximum Gasteiger partial charge on any atom is 0.293 e. The molecule has 8 heteroatoms. The van der Waals surface area contributed by atoms with Gasteiger partial charge in [-0.25, -0.2) is 0 Å². The van der Waals surface area contributed by atoms with E-state index in [9.17, 15) is 14.9 Å². The van der Waals surface area contributed by atoms with Crippen LogP contribution in [0.5, 0.6) is 5.75 Å². The number of amides is 1. The Morgan fingerprint density at radius 2 is 1.83 bits per heavy atom. The van der Waals surface area contributed by atoms with Crippen LogP contribution in [-0.2, 0) is 4.74 Å². The van der Waals surface area contributed by atoms with Crippen LogP contribution in [0.4, 0.5) is 11.4 Å². The number of nitro benzene ring substituents is 1. The fourth-order valence-electron chi connectivity index (χ4n) is 2.93. The van der Waals surface area contributed by atoms with Crippen molar-refractivity contribution >= 4 is 17.3 Å². The number of carbonyl (C=O) groups excluding carboxylic acids is 1. The maximum atomic E-state index is 12.8. The van der Waals surface area contributed by atoms with Crippen LogP contribution in [0.1, 0.15) is 35.8 Å². The second-order valence-corrected chi connectivity index (χ2v) is 6.88. The quantitative estimate of drug-likeness (QED) is 0.357. The fraction of sp³-hybridized carbons (Fsp3) is 0.381. The first-order valence-corrected chi connectivity index (χ1v) is 9.33. The first kappa shape index (κ1) is 22.2. The molecule has 0 saturated heterocycles. The molecule has 0 aliphatic carbocycles. The standard InChI is InChI=1S/C21H27N3O5/c1-14(2)20(15-5-8-17(29-4)9-6-15)23-21(25)16-7-10-18(22-11-12-28-3)19(13-16)24(26)27/h5-10,13-14,20,22H,11-12H2,1-4H3,(H,23,25). The smallest absolute Gasteiger partial charge is 0.293 e. The van der Waals surface area contributed by atoms with E-state index in [4.69, 9.17) is 9.47 Å². The molecule has 1 amide bonds. The van der Waals surface area contributed by atoms with Crippen LogP contribution in [0.25, 0.3) is 0 Å². The fourth-order valence-corrected chi connectivity index (χ4v) is 2.93. The summed E-state index contributed by atoms with van der Waals surface area (Å²) in [4.78, 5) is 23.7. The van der Waals surface area contributed by atoms with E-state index in [2.05, 4.69) is 10.6 Å². The molecule has 0 saturated carbocycles. The number of carbonyl (C=O) groups is 1. The molecule has 0 aliphatic rings. The number of nitro groups is 1. The van der Waals surface area contributed by atoms with Gasteiger partial charge in [0.1, 0.15) is 11.4 Å². The predicted octanol–water partition coefficient (Wildman–Crippen LogP) is 3.79. The highest BCUT2D eigenvalue weighted by molar-refractivity contribution is 5.96. The minimum absolute atomic E-state index is 0.123. The number of hydrogen-bond donors (Lipinski definition) is 2. The van der Waals surface area contributed by atoms with Gasteiger partial charge in [0, 0.05) is 25.3 Å². The highest BCUT2D eigenvalue weighted by Gasteiger charge is 2.22. The molecule has 2 rings (SSSR count). The monoisotopic (exact) mass is 401 g/mol. The highest BCUT2D eigenvalue weighted by Crippen LogP contribution is 2.27. The average molecular weight is 401 g/mol. The molecule has 0 aliphatic heterocycles. The van der Waals surface area contributed by atoms with Crippen molar-refractivity contribution in [2.24, 2.45) is 5.92 Å². The zero-order chi connectivity index (χ0) is 21.4. The van der Waals surface area contributed by atoms with Gasteiger partial charge in [-0.15, -0.1) is 0 Å². The number of nitrogens with one attached hydrogen (secondary N) is 2. The van der Waals surface area contributed by atoms with E-state index in [0.717, 1.165) is 11.3 Å². The summed E-state index contributed by atoms with van der Waals surface area (Å²) in [5.41, 5.74) is 1.35. The normalized spacial score (nSPS) is 11.8. The Morgan fingerprint density at radius 1 is 1.14 bits per heavy atom. The van der Waals surface area contributed by atoms with Crippen molar-refractivity contribution in [3.05, 3.63) is 63.7 Å². The van der Waals surface area contributed by atoms with Crippen LogP contribution in [0.3, 0.4) is 0 Å². The number of hydrogen-bond acceptors (Lipinski definition) is 6. The van der Waals surface area contributed by atoms with E-state index >= 15 is 0 Å². The molecular formula is C21H27N3O5. The molecule has 156 valence electrons. The van der Waals surface area contributed by atoms with Crippen molar-refractivity contribution in [2.75, 3.05) is 32.7 Å². The van der Waals surface area contributed by atoms with Crippen LogP contribution in [0.2, 0.25) is 0 Å². The lowest BCUT2D eigenvalue weighted by molar-refractivity contribution is -0.384. The molecule has 2 aromatic rings. The van der Waals surface area contributed by atoms with E-state index in [1.165, 1.54) is 6.07 Å². The van der Waals surface area contributed by atoms with E-state index in [-0.39, 0.29) is 29.1 Å². The van der Waals surface area contributed by atoms with Crippen LogP contribution in [0, 0.1) is 16.0 Å². The molecule has 29 heavy (non-hydrogen) atoms. The molecular weight excluding hydrogens is 374 g/mol. The van der Waals surface area contributed by atoms with Gasteiger partial charge < -0.3 is 20.1 Å². The number of methoxy groups -OCH3 is 2. The van der Waals surface area contributed by atoms with Gasteiger partial charge in [-0.2, -0.15) is 0 Å². The Morgan fingerprint density at radius 3 is 2.38 bits per heavy atom. The summed E-state index contributed by atoms with van der Waals surface area (Å²) < 4.78 is 10.1. The molecule has 0 aromatic heterocycles. The summed E-state index contributed by atoms with van der Waals surface area (Å²) in [6.07, 6.45) is 0. The molecule has 0 fully saturated rings. The number of ether oxygens (including phenoxy) is 2. The van der Waals surface area contributed by atoms with Gasteiger partial charge in [-0.1, -0.05) is 26.0 Å². The van der Waals surface area contributed by atoms with Crippen LogP contribution in [-0.4, -0.2) is 38.2 Å². The lowest BCUT2D eigenvalue weighted by atomic mass is 9.95. The van der Waals surface area contributed by atoms with Gasteiger partial charge in [0.05, 0.1) is 24.7 Å². The summed E-state index contributed by atoms with van der Waals surface area (Å²) in [5, 5.41) is 17.4. The molecule has 0 bridgehead atoms. The van der Waals surface area contributed by atoms with Crippen LogP contribution < -0.4 is 15.4 Å². The molecule has 8 nitrogen and oxygen atoms in total. The Labute approximate surface area is 170 Å². The predicted molar refractivity (Wildman–Crippen MR) is 112 cm³/mol. The minimum Gasteiger partial charge on any atom is -0.497 e. The maximum absolute atomic E-state index is 12.8. The van der Waals surface area contributed by atoms with Gasteiger partial charge >= 0.3 is 0 Å². The SMILES string of the molecule is COCCNc1ccc(C(=O)NC(c2ccc(OC)cc2)C(C)C)cc1[N+](=O)[O-]. The lowest BCUT2D eigenvalue weighted by Crippen LogP contribution is -2.31. The third-order valence-electron chi connectivity index (χ3n) is 4.51. The summed E-state index contributed by atoms with van der Waals surface area (Å²) in [7, 11) is 3.15. The summed E-state index contributed by atoms with van der Waals surface area (Å²) in [6, 6.07) is 11.6. The van der Waals surface area contributed by atoms with Gasteiger partial charge in [-0.3, -0.25) is 14.9 Å². The lowest BCUT2D eigenvalue weighted by Gasteiger charge is -2.23. The third kappa shape index (κ3) is 5.92. The molecule has 0 radical (unpaired) electrons. The van der Waals surface area contributed by atoms with E-state index in [0.29, 0.717) is 18.8 Å². The van der Waals surface area contributed by atoms with Crippen molar-refractivity contribution in [2.45, 2.75) is 19.9 Å². The minimum atomic E-state index is -0.505. The number of anilines is 1. The summed E-state index contributed by atoms with van der Waals surface area (Å²) in [6.45, 7) is 4.84. The molecule has 1 unspecified atom stereocenters. The van der Waals surface area contributed by atoms with Crippen molar-refractivity contribution in [3.8, 4) is 5.75 Å². The van der Waals surface area contributed by atoms with Gasteiger partial charge in [-0.05, 0) is 35.7 Å². The zero-order valence-electron chi connectivity index (χ0n) is 17.1. The Bertz CT molecular complexity index is 837. The first-order valence-electron chi connectivity index (χ1n) is 9.33. The van der Waals surface area contributed by atoms with Crippen LogP contribution >= 0.6 is 0 Å². The average Bonchev–Trinajstić information content (AvgIpc) is 2.72. The second-order valence-electron chi connectivity index (χ2n) is 6.88. The van der Waals surface area contributed by atoms with Gasteiger partial charge in [0.25, 0.3) is 11.6 Å². The largest absolute Gasteiger partial charge is 0.497 e. The molecule has 0 heterocycles. The van der Waals surface area contributed by atoms with E-state index in [1.807, 2.05) is 38.1 Å². The van der Waals surface area contributed by atoms with Crippen molar-refractivity contribution < 1.29 is 19.2 Å². The summed E-state index contributed by atoms with van der Waals surface area (Å²) in [5.74, 6) is 0.484. The Balaban J connectivity index is 2.22. The van der Waals surface area contributed by atoms with E-state index < -0.39 is 4.92 Å². The first-order chi connectivity index (χ1) is 13.9. The third-order valence-corrected chi connectivity index (χ3v) is 4.51. The van der Waals surface area contributed by atoms with Crippen LogP contribution in [0.15, 0.2) is 42.5 Å². The number of rotatable bonds is 10. The molecule has 0 spiro atoms. The number of nitrogens with zero attached hydrogens (tertiary/aromatic N) is 1. The van der Waals surface area contributed by atoms with Crippen molar-refractivity contribution in [3.63, 3.8) is 0 Å². The van der Waals surface area contributed by atoms with Gasteiger partial charge in [0.15, 0.2) is 0 Å².